The summed E-state index contributed by atoms with van der Waals surface area (Å²) in [6, 6.07) is 28.9. The third-order valence-electron chi connectivity index (χ3n) is 6.06. The quantitative estimate of drug-likeness (QED) is 0.252. The van der Waals surface area contributed by atoms with Crippen LogP contribution in [0.2, 0.25) is 0 Å². The van der Waals surface area contributed by atoms with Gasteiger partial charge in [-0.15, -0.1) is 0 Å². The van der Waals surface area contributed by atoms with Crippen molar-refractivity contribution in [1.29, 1.82) is 0 Å². The molecule has 4 aromatic carbocycles. The molecule has 0 fully saturated rings. The van der Waals surface area contributed by atoms with Gasteiger partial charge in [-0.3, -0.25) is 0 Å². The SMILES string of the molecule is OC1(c2ccccc2CCc2ccccc2Br)c2ccc(Br)cc2-c2cc(Br)ccc21. The molecule has 1 aliphatic rings. The zero-order valence-corrected chi connectivity index (χ0v) is 21.3. The standard InChI is InChI=1S/C27H19Br3O/c28-19-11-13-24-21(15-19)22-16-20(29)12-14-25(22)27(24,31)23-7-3-1-5-17(23)9-10-18-6-2-4-8-26(18)30/h1-8,11-16,31H,9-10H2. The van der Waals surface area contributed by atoms with Crippen molar-refractivity contribution in [3.05, 3.63) is 126 Å². The number of hydrogen-bond acceptors (Lipinski definition) is 1. The van der Waals surface area contributed by atoms with Gasteiger partial charge >= 0.3 is 0 Å². The fourth-order valence-electron chi connectivity index (χ4n) is 4.61. The predicted molar refractivity (Wildman–Crippen MR) is 137 cm³/mol. The highest BCUT2D eigenvalue weighted by Crippen LogP contribution is 2.52. The van der Waals surface area contributed by atoms with E-state index in [1.807, 2.05) is 36.4 Å². The van der Waals surface area contributed by atoms with Crippen LogP contribution in [0.4, 0.5) is 0 Å². The summed E-state index contributed by atoms with van der Waals surface area (Å²) in [6.07, 6.45) is 1.74. The Labute approximate surface area is 207 Å². The van der Waals surface area contributed by atoms with Crippen molar-refractivity contribution in [2.24, 2.45) is 0 Å². The van der Waals surface area contributed by atoms with Gasteiger partial charge in [0.2, 0.25) is 0 Å². The highest BCUT2D eigenvalue weighted by Gasteiger charge is 2.44. The van der Waals surface area contributed by atoms with Gasteiger partial charge in [-0.25, -0.2) is 0 Å². The lowest BCUT2D eigenvalue weighted by atomic mass is 9.80. The number of halogens is 3. The van der Waals surface area contributed by atoms with E-state index in [9.17, 15) is 5.11 Å². The molecule has 0 aliphatic heterocycles. The van der Waals surface area contributed by atoms with Crippen LogP contribution in [-0.4, -0.2) is 5.11 Å². The van der Waals surface area contributed by atoms with Gasteiger partial charge in [0, 0.05) is 24.5 Å². The van der Waals surface area contributed by atoms with Gasteiger partial charge in [-0.2, -0.15) is 0 Å². The number of aryl methyl sites for hydroxylation is 2. The van der Waals surface area contributed by atoms with Gasteiger partial charge in [0.15, 0.2) is 0 Å². The Morgan fingerprint density at radius 3 is 1.71 bits per heavy atom. The lowest BCUT2D eigenvalue weighted by Crippen LogP contribution is -2.27. The van der Waals surface area contributed by atoms with Crippen molar-refractivity contribution in [2.75, 3.05) is 0 Å². The maximum absolute atomic E-state index is 12.3. The van der Waals surface area contributed by atoms with Crippen LogP contribution in [0.15, 0.2) is 98.3 Å². The van der Waals surface area contributed by atoms with E-state index in [-0.39, 0.29) is 0 Å². The smallest absolute Gasteiger partial charge is 0.142 e. The molecule has 0 aromatic heterocycles. The Balaban J connectivity index is 1.65. The predicted octanol–water partition coefficient (Wildman–Crippen LogP) is 8.02. The van der Waals surface area contributed by atoms with E-state index in [1.54, 1.807) is 0 Å². The van der Waals surface area contributed by atoms with Crippen LogP contribution < -0.4 is 0 Å². The van der Waals surface area contributed by atoms with Gasteiger partial charge in [-0.05, 0) is 71.0 Å². The van der Waals surface area contributed by atoms with E-state index in [1.165, 1.54) is 5.56 Å². The Morgan fingerprint density at radius 2 is 1.10 bits per heavy atom. The number of rotatable bonds is 4. The molecule has 5 rings (SSSR count). The third kappa shape index (κ3) is 3.64. The summed E-state index contributed by atoms with van der Waals surface area (Å²) in [7, 11) is 0. The van der Waals surface area contributed by atoms with E-state index in [4.69, 9.17) is 0 Å². The van der Waals surface area contributed by atoms with Crippen LogP contribution in [0.3, 0.4) is 0 Å². The minimum Gasteiger partial charge on any atom is -0.376 e. The molecule has 0 spiro atoms. The molecule has 0 saturated heterocycles. The fraction of sp³-hybridized carbons (Fsp3) is 0.111. The molecule has 0 saturated carbocycles. The highest BCUT2D eigenvalue weighted by atomic mass is 79.9. The summed E-state index contributed by atoms with van der Waals surface area (Å²) in [4.78, 5) is 0. The van der Waals surface area contributed by atoms with Crippen LogP contribution in [0.1, 0.15) is 27.8 Å². The maximum atomic E-state index is 12.3. The lowest BCUT2D eigenvalue weighted by Gasteiger charge is -2.29. The first-order valence-corrected chi connectivity index (χ1v) is 12.5. The molecule has 0 radical (unpaired) electrons. The molecular weight excluding hydrogens is 580 g/mol. The summed E-state index contributed by atoms with van der Waals surface area (Å²) in [5.74, 6) is 0. The second-order valence-corrected chi connectivity index (χ2v) is 10.5. The fourth-order valence-corrected chi connectivity index (χ4v) is 5.81. The molecule has 4 aromatic rings. The Bertz CT molecular complexity index is 1240. The van der Waals surface area contributed by atoms with E-state index < -0.39 is 5.60 Å². The first kappa shape index (κ1) is 21.1. The topological polar surface area (TPSA) is 20.2 Å². The molecule has 1 aliphatic carbocycles. The van der Waals surface area contributed by atoms with Crippen LogP contribution in [0, 0.1) is 0 Å². The number of benzene rings is 4. The lowest BCUT2D eigenvalue weighted by molar-refractivity contribution is 0.129. The second kappa shape index (κ2) is 8.32. The van der Waals surface area contributed by atoms with Crippen molar-refractivity contribution in [3.8, 4) is 11.1 Å². The van der Waals surface area contributed by atoms with Crippen molar-refractivity contribution in [2.45, 2.75) is 18.4 Å². The highest BCUT2D eigenvalue weighted by molar-refractivity contribution is 9.11. The van der Waals surface area contributed by atoms with Gasteiger partial charge in [0.1, 0.15) is 5.60 Å². The molecule has 0 heterocycles. The maximum Gasteiger partial charge on any atom is 0.142 e. The molecule has 4 heteroatoms. The normalized spacial score (nSPS) is 13.7. The minimum absolute atomic E-state index is 0.846. The Kier molecular flexibility index (Phi) is 5.68. The Morgan fingerprint density at radius 1 is 0.581 bits per heavy atom. The van der Waals surface area contributed by atoms with Crippen molar-refractivity contribution >= 4 is 47.8 Å². The third-order valence-corrected chi connectivity index (χ3v) is 7.82. The monoisotopic (exact) mass is 596 g/mol. The van der Waals surface area contributed by atoms with Crippen LogP contribution >= 0.6 is 47.8 Å². The molecule has 0 amide bonds. The zero-order chi connectivity index (χ0) is 21.6. The first-order valence-electron chi connectivity index (χ1n) is 10.1. The van der Waals surface area contributed by atoms with Gasteiger partial charge in [0.25, 0.3) is 0 Å². The van der Waals surface area contributed by atoms with Crippen molar-refractivity contribution in [1.82, 2.24) is 0 Å². The number of aliphatic hydroxyl groups is 1. The average molecular weight is 599 g/mol. The van der Waals surface area contributed by atoms with Gasteiger partial charge in [-0.1, -0.05) is 102 Å². The largest absolute Gasteiger partial charge is 0.376 e. The van der Waals surface area contributed by atoms with Gasteiger partial charge < -0.3 is 5.11 Å². The van der Waals surface area contributed by atoms with Crippen LogP contribution in [0.5, 0.6) is 0 Å². The average Bonchev–Trinajstić information content (AvgIpc) is 3.01. The summed E-state index contributed by atoms with van der Waals surface area (Å²) in [5.41, 5.74) is 6.18. The minimum atomic E-state index is -1.18. The molecule has 0 bridgehead atoms. The van der Waals surface area contributed by atoms with E-state index in [0.717, 1.165) is 59.6 Å². The van der Waals surface area contributed by atoms with Crippen LogP contribution in [0.25, 0.3) is 11.1 Å². The molecule has 154 valence electrons. The molecular formula is C27H19Br3O. The second-order valence-electron chi connectivity index (χ2n) is 7.84. The number of fused-ring (bicyclic) bond motifs is 3. The molecule has 1 N–H and O–H groups in total. The molecule has 0 unspecified atom stereocenters. The number of hydrogen-bond donors (Lipinski definition) is 1. The molecule has 1 nitrogen and oxygen atoms in total. The van der Waals surface area contributed by atoms with Crippen LogP contribution in [-0.2, 0) is 18.4 Å². The van der Waals surface area contributed by atoms with E-state index in [0.29, 0.717) is 0 Å². The summed E-state index contributed by atoms with van der Waals surface area (Å²) < 4.78 is 3.13. The van der Waals surface area contributed by atoms with Gasteiger partial charge in [0.05, 0.1) is 0 Å². The van der Waals surface area contributed by atoms with E-state index in [2.05, 4.69) is 96.3 Å². The summed E-state index contributed by atoms with van der Waals surface area (Å²) >= 11 is 10.9. The van der Waals surface area contributed by atoms with E-state index >= 15 is 0 Å². The van der Waals surface area contributed by atoms with Crippen molar-refractivity contribution in [3.63, 3.8) is 0 Å². The summed E-state index contributed by atoms with van der Waals surface area (Å²) in [6.45, 7) is 0. The molecule has 31 heavy (non-hydrogen) atoms. The zero-order valence-electron chi connectivity index (χ0n) is 16.6. The first-order chi connectivity index (χ1) is 15.0. The summed E-state index contributed by atoms with van der Waals surface area (Å²) in [5, 5.41) is 12.3. The molecule has 0 atom stereocenters. The Hall–Kier alpha value is -1.72. The van der Waals surface area contributed by atoms with Crippen molar-refractivity contribution < 1.29 is 5.11 Å².